The van der Waals surface area contributed by atoms with E-state index in [0.29, 0.717) is 23.8 Å². The number of aromatic amines is 1. The van der Waals surface area contributed by atoms with Crippen LogP contribution in [0.3, 0.4) is 0 Å². The molecule has 1 aliphatic rings. The summed E-state index contributed by atoms with van der Waals surface area (Å²) in [7, 11) is 0. The van der Waals surface area contributed by atoms with Crippen LogP contribution in [0.1, 0.15) is 63.4 Å². The Kier molecular flexibility index (Phi) is 7.62. The van der Waals surface area contributed by atoms with E-state index in [9.17, 15) is 0 Å². The van der Waals surface area contributed by atoms with Crippen LogP contribution in [0, 0.1) is 4.77 Å². The van der Waals surface area contributed by atoms with Crippen LogP contribution in [0.15, 0.2) is 23.3 Å². The minimum atomic E-state index is -0.0667. The first-order valence-corrected chi connectivity index (χ1v) is 10.4. The molecule has 7 nitrogen and oxygen atoms in total. The van der Waals surface area contributed by atoms with E-state index in [2.05, 4.69) is 22.2 Å². The van der Waals surface area contributed by atoms with Crippen LogP contribution in [0.2, 0.25) is 0 Å². The van der Waals surface area contributed by atoms with Gasteiger partial charge >= 0.3 is 0 Å². The maximum atomic E-state index is 5.88. The Morgan fingerprint density at radius 3 is 2.96 bits per heavy atom. The van der Waals surface area contributed by atoms with Gasteiger partial charge in [0.1, 0.15) is 6.10 Å². The number of nitrogens with zero attached hydrogens (tertiary/aromatic N) is 3. The van der Waals surface area contributed by atoms with Gasteiger partial charge in [0.2, 0.25) is 4.77 Å². The molecule has 1 unspecified atom stereocenters. The molecule has 0 bridgehead atoms. The summed E-state index contributed by atoms with van der Waals surface area (Å²) in [4.78, 5) is 0. The molecule has 0 spiro atoms. The average Bonchev–Trinajstić information content (AvgIpc) is 3.35. The third kappa shape index (κ3) is 5.20. The highest BCUT2D eigenvalue weighted by Gasteiger charge is 2.23. The minimum Gasteiger partial charge on any atom is -0.490 e. The van der Waals surface area contributed by atoms with Crippen LogP contribution < -0.4 is 9.47 Å². The highest BCUT2D eigenvalue weighted by molar-refractivity contribution is 7.71. The molecule has 0 radical (unpaired) electrons. The van der Waals surface area contributed by atoms with Gasteiger partial charge in [-0.05, 0) is 62.2 Å². The molecule has 2 heterocycles. The molecule has 1 saturated heterocycles. The Morgan fingerprint density at radius 1 is 1.32 bits per heavy atom. The first-order valence-electron chi connectivity index (χ1n) is 9.95. The average molecular weight is 405 g/mol. The van der Waals surface area contributed by atoms with Gasteiger partial charge in [-0.2, -0.15) is 14.9 Å². The quantitative estimate of drug-likeness (QED) is 0.355. The number of hydrogen-bond donors (Lipinski definition) is 1. The standard InChI is InChI=1S/C20H28N4O3S/c1-3-5-6-11-26-16-10-9-15(13-18(16)25-4-2)14-21-24-19(22-23-20(24)28)17-8-7-12-27-17/h9-10,13-14,17H,3-8,11-12H2,1-2H3,(H,23,28)/b21-14-. The Balaban J connectivity index is 1.76. The number of aromatic nitrogens is 3. The summed E-state index contributed by atoms with van der Waals surface area (Å²) >= 11 is 5.31. The van der Waals surface area contributed by atoms with Crippen LogP contribution >= 0.6 is 12.2 Å². The summed E-state index contributed by atoms with van der Waals surface area (Å²) in [5.74, 6) is 2.19. The monoisotopic (exact) mass is 404 g/mol. The smallest absolute Gasteiger partial charge is 0.216 e. The van der Waals surface area contributed by atoms with Crippen molar-refractivity contribution in [2.24, 2.45) is 5.10 Å². The first kappa shape index (κ1) is 20.5. The SMILES string of the molecule is CCCCCOc1ccc(/C=N\n2c(C3CCCO3)n[nH]c2=S)cc1OCC. The first-order chi connectivity index (χ1) is 13.7. The lowest BCUT2D eigenvalue weighted by Gasteiger charge is -2.12. The van der Waals surface area contributed by atoms with Gasteiger partial charge in [0.25, 0.3) is 0 Å². The van der Waals surface area contributed by atoms with Crippen molar-refractivity contribution in [1.82, 2.24) is 14.9 Å². The topological polar surface area (TPSA) is 73.7 Å². The Hall–Kier alpha value is -2.19. The third-order valence-electron chi connectivity index (χ3n) is 4.49. The van der Waals surface area contributed by atoms with Crippen molar-refractivity contribution in [2.45, 2.75) is 52.1 Å². The fourth-order valence-electron chi connectivity index (χ4n) is 3.06. The van der Waals surface area contributed by atoms with Crippen molar-refractivity contribution in [2.75, 3.05) is 19.8 Å². The normalized spacial score (nSPS) is 16.7. The van der Waals surface area contributed by atoms with Crippen LogP contribution in [-0.4, -0.2) is 40.9 Å². The van der Waals surface area contributed by atoms with E-state index in [-0.39, 0.29) is 6.10 Å². The molecule has 1 aromatic heterocycles. The Morgan fingerprint density at radius 2 is 2.21 bits per heavy atom. The molecule has 0 saturated carbocycles. The summed E-state index contributed by atoms with van der Waals surface area (Å²) in [6, 6.07) is 5.81. The Bertz CT molecular complexity index is 840. The van der Waals surface area contributed by atoms with E-state index in [0.717, 1.165) is 49.4 Å². The van der Waals surface area contributed by atoms with E-state index in [1.165, 1.54) is 6.42 Å². The fraction of sp³-hybridized carbons (Fsp3) is 0.550. The molecule has 0 amide bonds. The number of rotatable bonds is 10. The van der Waals surface area contributed by atoms with Crippen LogP contribution in [-0.2, 0) is 4.74 Å². The second-order valence-corrected chi connectivity index (χ2v) is 7.03. The zero-order valence-corrected chi connectivity index (χ0v) is 17.3. The highest BCUT2D eigenvalue weighted by Crippen LogP contribution is 2.29. The van der Waals surface area contributed by atoms with Gasteiger partial charge in [-0.25, -0.2) is 0 Å². The number of H-pyrrole nitrogens is 1. The molecule has 1 atom stereocenters. The second-order valence-electron chi connectivity index (χ2n) is 6.64. The molecule has 1 aromatic carbocycles. The lowest BCUT2D eigenvalue weighted by Crippen LogP contribution is -2.05. The summed E-state index contributed by atoms with van der Waals surface area (Å²) < 4.78 is 19.4. The summed E-state index contributed by atoms with van der Waals surface area (Å²) in [6.45, 7) is 6.14. The van der Waals surface area contributed by atoms with E-state index in [1.807, 2.05) is 25.1 Å². The molecular weight excluding hydrogens is 376 g/mol. The zero-order chi connectivity index (χ0) is 19.8. The summed E-state index contributed by atoms with van der Waals surface area (Å²) in [5, 5.41) is 11.6. The van der Waals surface area contributed by atoms with Gasteiger partial charge < -0.3 is 14.2 Å². The molecule has 152 valence electrons. The second kappa shape index (κ2) is 10.4. The molecular formula is C20H28N4O3S. The zero-order valence-electron chi connectivity index (χ0n) is 16.5. The van der Waals surface area contributed by atoms with Gasteiger partial charge in [-0.1, -0.05) is 19.8 Å². The van der Waals surface area contributed by atoms with Crippen molar-refractivity contribution in [3.8, 4) is 11.5 Å². The predicted molar refractivity (Wildman–Crippen MR) is 111 cm³/mol. The number of hydrogen-bond acceptors (Lipinski definition) is 6. The van der Waals surface area contributed by atoms with E-state index < -0.39 is 0 Å². The molecule has 2 aromatic rings. The van der Waals surface area contributed by atoms with Crippen molar-refractivity contribution in [3.05, 3.63) is 34.4 Å². The molecule has 1 N–H and O–H groups in total. The van der Waals surface area contributed by atoms with Gasteiger partial charge in [0.15, 0.2) is 17.3 Å². The summed E-state index contributed by atoms with van der Waals surface area (Å²) in [5.41, 5.74) is 0.894. The molecule has 8 heteroatoms. The number of nitrogens with one attached hydrogen (secondary N) is 1. The highest BCUT2D eigenvalue weighted by atomic mass is 32.1. The van der Waals surface area contributed by atoms with E-state index >= 15 is 0 Å². The number of unbranched alkanes of at least 4 members (excludes halogenated alkanes) is 2. The lowest BCUT2D eigenvalue weighted by atomic mass is 10.2. The van der Waals surface area contributed by atoms with Gasteiger partial charge in [0, 0.05) is 6.61 Å². The van der Waals surface area contributed by atoms with Crippen LogP contribution in [0.4, 0.5) is 0 Å². The predicted octanol–water partition coefficient (Wildman–Crippen LogP) is 4.64. The molecule has 3 rings (SSSR count). The van der Waals surface area contributed by atoms with Crippen molar-refractivity contribution >= 4 is 18.4 Å². The third-order valence-corrected chi connectivity index (χ3v) is 4.75. The molecule has 1 fully saturated rings. The fourth-order valence-corrected chi connectivity index (χ4v) is 3.24. The molecule has 1 aliphatic heterocycles. The Labute approximate surface area is 170 Å². The van der Waals surface area contributed by atoms with Gasteiger partial charge in [-0.3, -0.25) is 5.10 Å². The molecule has 28 heavy (non-hydrogen) atoms. The van der Waals surface area contributed by atoms with Crippen LogP contribution in [0.5, 0.6) is 11.5 Å². The minimum absolute atomic E-state index is 0.0667. The maximum Gasteiger partial charge on any atom is 0.216 e. The lowest BCUT2D eigenvalue weighted by molar-refractivity contribution is 0.102. The van der Waals surface area contributed by atoms with Crippen LogP contribution in [0.25, 0.3) is 0 Å². The van der Waals surface area contributed by atoms with Crippen molar-refractivity contribution in [1.29, 1.82) is 0 Å². The maximum absolute atomic E-state index is 5.88. The number of benzene rings is 1. The number of ether oxygens (including phenoxy) is 3. The van der Waals surface area contributed by atoms with E-state index in [4.69, 9.17) is 26.4 Å². The van der Waals surface area contributed by atoms with E-state index in [1.54, 1.807) is 10.9 Å². The molecule has 0 aliphatic carbocycles. The van der Waals surface area contributed by atoms with Crippen molar-refractivity contribution in [3.63, 3.8) is 0 Å². The summed E-state index contributed by atoms with van der Waals surface area (Å²) in [6.07, 6.45) is 6.99. The van der Waals surface area contributed by atoms with Gasteiger partial charge in [-0.15, -0.1) is 0 Å². The largest absolute Gasteiger partial charge is 0.490 e. The van der Waals surface area contributed by atoms with Crippen molar-refractivity contribution < 1.29 is 14.2 Å². The van der Waals surface area contributed by atoms with Gasteiger partial charge in [0.05, 0.1) is 19.4 Å².